The molecule has 0 spiro atoms. The minimum absolute atomic E-state index is 0.235. The van der Waals surface area contributed by atoms with E-state index in [1.807, 2.05) is 37.3 Å². The van der Waals surface area contributed by atoms with Gasteiger partial charge in [-0.25, -0.2) is 0 Å². The van der Waals surface area contributed by atoms with Crippen LogP contribution in [0.15, 0.2) is 36.4 Å². The van der Waals surface area contributed by atoms with Crippen molar-refractivity contribution in [2.75, 3.05) is 19.3 Å². The van der Waals surface area contributed by atoms with Gasteiger partial charge in [0.2, 0.25) is 0 Å². The van der Waals surface area contributed by atoms with E-state index in [4.69, 9.17) is 21.1 Å². The van der Waals surface area contributed by atoms with Gasteiger partial charge in [0.05, 0.1) is 5.56 Å². The van der Waals surface area contributed by atoms with Crippen LogP contribution in [0.3, 0.4) is 0 Å². The monoisotopic (exact) mass is 288 g/mol. The summed E-state index contributed by atoms with van der Waals surface area (Å²) in [5.41, 5.74) is 0.896. The lowest BCUT2D eigenvalue weighted by atomic mass is 10.0. The van der Waals surface area contributed by atoms with Crippen molar-refractivity contribution in [3.8, 4) is 17.6 Å². The largest absolute Gasteiger partial charge is 0.466 e. The number of benzene rings is 2. The molecule has 0 saturated heterocycles. The zero-order valence-corrected chi connectivity index (χ0v) is 12.2. The third kappa shape index (κ3) is 3.66. The quantitative estimate of drug-likeness (QED) is 0.355. The predicted octanol–water partition coefficient (Wildman–Crippen LogP) is 4.19. The van der Waals surface area contributed by atoms with Gasteiger partial charge in [-0.05, 0) is 18.4 Å². The third-order valence-electron chi connectivity index (χ3n) is 2.83. The van der Waals surface area contributed by atoms with Crippen molar-refractivity contribution in [2.24, 2.45) is 0 Å². The van der Waals surface area contributed by atoms with Gasteiger partial charge in [-0.3, -0.25) is 0 Å². The summed E-state index contributed by atoms with van der Waals surface area (Å²) in [6.07, 6.45) is 0.662. The van der Waals surface area contributed by atoms with E-state index >= 15 is 0 Å². The lowest BCUT2D eigenvalue weighted by Gasteiger charge is -2.10. The summed E-state index contributed by atoms with van der Waals surface area (Å²) in [5, 5.41) is 2.23. The highest BCUT2D eigenvalue weighted by Gasteiger charge is 2.06. The molecule has 0 atom stereocenters. The molecule has 104 valence electrons. The minimum atomic E-state index is 0.235. The highest BCUT2D eigenvalue weighted by atomic mass is 35.5. The van der Waals surface area contributed by atoms with Crippen molar-refractivity contribution in [1.82, 2.24) is 0 Å². The van der Waals surface area contributed by atoms with E-state index in [1.54, 1.807) is 0 Å². The summed E-state index contributed by atoms with van der Waals surface area (Å²) in [6, 6.07) is 12.1. The van der Waals surface area contributed by atoms with Crippen LogP contribution < -0.4 is 4.74 Å². The molecule has 0 radical (unpaired) electrons. The van der Waals surface area contributed by atoms with Crippen LogP contribution in [-0.2, 0) is 4.74 Å². The minimum Gasteiger partial charge on any atom is -0.466 e. The lowest BCUT2D eigenvalue weighted by molar-refractivity contribution is 0.0223. The van der Waals surface area contributed by atoms with E-state index in [0.717, 1.165) is 22.1 Å². The van der Waals surface area contributed by atoms with Crippen LogP contribution in [0.1, 0.15) is 18.9 Å². The van der Waals surface area contributed by atoms with Gasteiger partial charge < -0.3 is 9.47 Å². The van der Waals surface area contributed by atoms with E-state index in [-0.39, 0.29) is 6.79 Å². The number of ether oxygens (including phenoxy) is 2. The predicted molar refractivity (Wildman–Crippen MR) is 83.3 cm³/mol. The molecule has 0 bridgehead atoms. The summed E-state index contributed by atoms with van der Waals surface area (Å²) in [5.74, 6) is 7.52. The standard InChI is InChI=1S/C17H17ClO2/c1-2-19-13-20-17-11-10-14-7-3-4-8-15(14)16(17)9-5-6-12-18/h3-4,7-8,10-11H,2,6,12-13H2,1H3. The number of hydrogen-bond donors (Lipinski definition) is 0. The van der Waals surface area contributed by atoms with Crippen molar-refractivity contribution in [3.05, 3.63) is 42.0 Å². The molecule has 2 aromatic carbocycles. The number of alkyl halides is 1. The van der Waals surface area contributed by atoms with Gasteiger partial charge in [0.25, 0.3) is 0 Å². The second-order valence-corrected chi connectivity index (χ2v) is 4.53. The van der Waals surface area contributed by atoms with E-state index in [9.17, 15) is 0 Å². The Balaban J connectivity index is 2.40. The molecule has 0 aliphatic heterocycles. The summed E-state index contributed by atoms with van der Waals surface area (Å²) in [4.78, 5) is 0. The van der Waals surface area contributed by atoms with E-state index < -0.39 is 0 Å². The van der Waals surface area contributed by atoms with Crippen molar-refractivity contribution < 1.29 is 9.47 Å². The Hall–Kier alpha value is -1.69. The molecule has 0 unspecified atom stereocenters. The van der Waals surface area contributed by atoms with Crippen molar-refractivity contribution in [3.63, 3.8) is 0 Å². The van der Waals surface area contributed by atoms with Crippen molar-refractivity contribution in [2.45, 2.75) is 13.3 Å². The molecule has 0 amide bonds. The third-order valence-corrected chi connectivity index (χ3v) is 3.01. The molecule has 0 aliphatic rings. The highest BCUT2D eigenvalue weighted by molar-refractivity contribution is 6.18. The summed E-state index contributed by atoms with van der Waals surface area (Å²) >= 11 is 5.67. The van der Waals surface area contributed by atoms with Crippen LogP contribution in [0.4, 0.5) is 0 Å². The van der Waals surface area contributed by atoms with Crippen LogP contribution in [-0.4, -0.2) is 19.3 Å². The molecule has 2 aromatic rings. The molecule has 2 nitrogen and oxygen atoms in total. The smallest absolute Gasteiger partial charge is 0.189 e. The fraction of sp³-hybridized carbons (Fsp3) is 0.294. The van der Waals surface area contributed by atoms with Gasteiger partial charge in [-0.15, -0.1) is 11.6 Å². The molecular weight excluding hydrogens is 272 g/mol. The second-order valence-electron chi connectivity index (χ2n) is 4.16. The molecular formula is C17H17ClO2. The van der Waals surface area contributed by atoms with Crippen LogP contribution in [0, 0.1) is 11.8 Å². The summed E-state index contributed by atoms with van der Waals surface area (Å²) < 4.78 is 10.9. The maximum absolute atomic E-state index is 5.67. The van der Waals surface area contributed by atoms with Crippen molar-refractivity contribution in [1.29, 1.82) is 0 Å². The number of rotatable bonds is 5. The molecule has 0 aliphatic carbocycles. The Kier molecular flexibility index (Phi) is 5.73. The Bertz CT molecular complexity index is 626. The zero-order chi connectivity index (χ0) is 14.2. The number of halogens is 1. The van der Waals surface area contributed by atoms with Gasteiger partial charge in [-0.1, -0.05) is 42.2 Å². The first-order valence-corrected chi connectivity index (χ1v) is 7.17. The topological polar surface area (TPSA) is 18.5 Å². The second kappa shape index (κ2) is 7.79. The molecule has 0 saturated carbocycles. The Labute approximate surface area is 124 Å². The molecule has 0 aromatic heterocycles. The molecule has 20 heavy (non-hydrogen) atoms. The normalized spacial score (nSPS) is 10.1. The maximum Gasteiger partial charge on any atom is 0.189 e. The average molecular weight is 289 g/mol. The maximum atomic E-state index is 5.67. The fourth-order valence-electron chi connectivity index (χ4n) is 1.89. The molecule has 0 N–H and O–H groups in total. The number of fused-ring (bicyclic) bond motifs is 1. The molecule has 2 rings (SSSR count). The van der Waals surface area contributed by atoms with Gasteiger partial charge in [0, 0.05) is 24.3 Å². The van der Waals surface area contributed by atoms with Crippen LogP contribution in [0.2, 0.25) is 0 Å². The fourth-order valence-corrected chi connectivity index (χ4v) is 1.98. The van der Waals surface area contributed by atoms with Crippen LogP contribution in [0.5, 0.6) is 5.75 Å². The van der Waals surface area contributed by atoms with Gasteiger partial charge in [0.15, 0.2) is 6.79 Å². The van der Waals surface area contributed by atoms with Gasteiger partial charge in [0.1, 0.15) is 5.75 Å². The zero-order valence-electron chi connectivity index (χ0n) is 11.5. The molecule has 0 fully saturated rings. The van der Waals surface area contributed by atoms with Gasteiger partial charge in [-0.2, -0.15) is 0 Å². The Morgan fingerprint density at radius 2 is 2.00 bits per heavy atom. The highest BCUT2D eigenvalue weighted by Crippen LogP contribution is 2.27. The van der Waals surface area contributed by atoms with Gasteiger partial charge >= 0.3 is 0 Å². The number of hydrogen-bond acceptors (Lipinski definition) is 2. The first-order chi connectivity index (χ1) is 9.86. The molecule has 3 heteroatoms. The lowest BCUT2D eigenvalue weighted by Crippen LogP contribution is -2.03. The Morgan fingerprint density at radius 1 is 1.15 bits per heavy atom. The summed E-state index contributed by atoms with van der Waals surface area (Å²) in [7, 11) is 0. The molecule has 0 heterocycles. The SMILES string of the molecule is CCOCOc1ccc2ccccc2c1C#CCCCl. The van der Waals surface area contributed by atoms with Crippen molar-refractivity contribution >= 4 is 22.4 Å². The Morgan fingerprint density at radius 3 is 2.80 bits per heavy atom. The van der Waals surface area contributed by atoms with Crippen LogP contribution >= 0.6 is 11.6 Å². The van der Waals surface area contributed by atoms with E-state index in [1.165, 1.54) is 0 Å². The van der Waals surface area contributed by atoms with E-state index in [2.05, 4.69) is 17.9 Å². The average Bonchev–Trinajstić information content (AvgIpc) is 2.49. The van der Waals surface area contributed by atoms with Crippen LogP contribution in [0.25, 0.3) is 10.8 Å². The first-order valence-electron chi connectivity index (χ1n) is 6.64. The van der Waals surface area contributed by atoms with E-state index in [0.29, 0.717) is 18.9 Å². The first kappa shape index (κ1) is 14.7. The summed E-state index contributed by atoms with van der Waals surface area (Å²) in [6.45, 7) is 2.80.